The van der Waals surface area contributed by atoms with E-state index in [0.717, 1.165) is 5.56 Å². The number of hydrogen-bond donors (Lipinski definition) is 4. The van der Waals surface area contributed by atoms with Gasteiger partial charge in [0.05, 0.1) is 23.2 Å². The van der Waals surface area contributed by atoms with Crippen LogP contribution < -0.4 is 15.8 Å². The van der Waals surface area contributed by atoms with Crippen LogP contribution in [-0.2, 0) is 21.0 Å². The number of aliphatic hydroxyl groups excluding tert-OH is 1. The molecule has 2 aromatic heterocycles. The van der Waals surface area contributed by atoms with Crippen molar-refractivity contribution in [1.82, 2.24) is 15.3 Å². The van der Waals surface area contributed by atoms with E-state index in [1.165, 1.54) is 23.9 Å². The molecular formula is C17H23N5O5S2. The van der Waals surface area contributed by atoms with Crippen LogP contribution in [0.25, 0.3) is 0 Å². The highest BCUT2D eigenvalue weighted by Crippen LogP contribution is 2.30. The summed E-state index contributed by atoms with van der Waals surface area (Å²) in [6.07, 6.45) is 2.85. The standard InChI is InChI=1S/C17H23N5O5S2/c1-19-5-10-2-15(28-8-10)16(24)13-6-20-9-21-17(13)22-12-3-11(14(23)4-12)7-27-29(18,25)26/h2,6,8-9,11-12,14,19,23H,3-5,7H2,1H3,(H2,18,25,26)(H,20,21,22)/t11-,12?,14+/m1/s1. The van der Waals surface area contributed by atoms with Crippen LogP contribution in [0.5, 0.6) is 0 Å². The lowest BCUT2D eigenvalue weighted by Crippen LogP contribution is -2.24. The molecule has 0 saturated heterocycles. The molecule has 12 heteroatoms. The summed E-state index contributed by atoms with van der Waals surface area (Å²) in [5.74, 6) is -0.208. The summed E-state index contributed by atoms with van der Waals surface area (Å²) < 4.78 is 26.5. The summed E-state index contributed by atoms with van der Waals surface area (Å²) in [5, 5.41) is 23.2. The third-order valence-electron chi connectivity index (χ3n) is 4.66. The Morgan fingerprint density at radius 3 is 2.97 bits per heavy atom. The summed E-state index contributed by atoms with van der Waals surface area (Å²) in [7, 11) is -2.23. The van der Waals surface area contributed by atoms with Gasteiger partial charge in [-0.1, -0.05) is 0 Å². The zero-order valence-electron chi connectivity index (χ0n) is 15.7. The van der Waals surface area contributed by atoms with Crippen LogP contribution in [-0.4, -0.2) is 55.1 Å². The van der Waals surface area contributed by atoms with Gasteiger partial charge < -0.3 is 15.7 Å². The normalized spacial score (nSPS) is 22.0. The maximum absolute atomic E-state index is 12.9. The molecule has 1 unspecified atom stereocenters. The molecule has 3 rings (SSSR count). The Bertz CT molecular complexity index is 965. The van der Waals surface area contributed by atoms with Gasteiger partial charge in [0.2, 0.25) is 5.78 Å². The van der Waals surface area contributed by atoms with Gasteiger partial charge in [0.15, 0.2) is 0 Å². The first-order valence-corrected chi connectivity index (χ1v) is 11.3. The second-order valence-electron chi connectivity index (χ2n) is 6.88. The van der Waals surface area contributed by atoms with Crippen LogP contribution in [0, 0.1) is 5.92 Å². The van der Waals surface area contributed by atoms with Gasteiger partial charge in [0.25, 0.3) is 0 Å². The predicted molar refractivity (Wildman–Crippen MR) is 108 cm³/mol. The van der Waals surface area contributed by atoms with E-state index in [4.69, 9.17) is 5.14 Å². The molecule has 2 aromatic rings. The molecule has 1 fully saturated rings. The van der Waals surface area contributed by atoms with E-state index in [-0.39, 0.29) is 18.4 Å². The Hall–Kier alpha value is -1.96. The van der Waals surface area contributed by atoms with E-state index in [2.05, 4.69) is 24.8 Å². The number of thiophene rings is 1. The van der Waals surface area contributed by atoms with Crippen LogP contribution >= 0.6 is 11.3 Å². The van der Waals surface area contributed by atoms with Gasteiger partial charge in [0, 0.05) is 24.7 Å². The Labute approximate surface area is 172 Å². The van der Waals surface area contributed by atoms with E-state index in [9.17, 15) is 18.3 Å². The zero-order valence-corrected chi connectivity index (χ0v) is 17.4. The maximum Gasteiger partial charge on any atom is 0.333 e. The fraction of sp³-hybridized carbons (Fsp3) is 0.471. The van der Waals surface area contributed by atoms with Gasteiger partial charge in [0.1, 0.15) is 12.1 Å². The van der Waals surface area contributed by atoms with Crippen molar-refractivity contribution in [2.24, 2.45) is 11.1 Å². The first-order valence-electron chi connectivity index (χ1n) is 8.95. The molecule has 3 atom stereocenters. The van der Waals surface area contributed by atoms with Gasteiger partial charge >= 0.3 is 10.3 Å². The molecule has 5 N–H and O–H groups in total. The number of nitrogens with one attached hydrogen (secondary N) is 2. The van der Waals surface area contributed by atoms with Gasteiger partial charge in [-0.3, -0.25) is 8.98 Å². The van der Waals surface area contributed by atoms with E-state index in [1.807, 2.05) is 18.5 Å². The number of carbonyl (C=O) groups is 1. The summed E-state index contributed by atoms with van der Waals surface area (Å²) in [6.45, 7) is 0.472. The smallest absolute Gasteiger partial charge is 0.333 e. The highest BCUT2D eigenvalue weighted by molar-refractivity contribution is 7.84. The molecule has 1 aliphatic carbocycles. The largest absolute Gasteiger partial charge is 0.393 e. The van der Waals surface area contributed by atoms with Gasteiger partial charge in [-0.25, -0.2) is 15.1 Å². The number of hydrogen-bond acceptors (Lipinski definition) is 10. The summed E-state index contributed by atoms with van der Waals surface area (Å²) >= 11 is 1.36. The number of nitrogens with two attached hydrogens (primary N) is 1. The lowest BCUT2D eigenvalue weighted by molar-refractivity contribution is 0.101. The molecule has 0 bridgehead atoms. The highest BCUT2D eigenvalue weighted by Gasteiger charge is 2.34. The van der Waals surface area contributed by atoms with E-state index >= 15 is 0 Å². The van der Waals surface area contributed by atoms with Crippen molar-refractivity contribution in [3.05, 3.63) is 40.0 Å². The topological polar surface area (TPSA) is 157 Å². The predicted octanol–water partition coefficient (Wildman–Crippen LogP) is 0.260. The van der Waals surface area contributed by atoms with Crippen molar-refractivity contribution in [2.75, 3.05) is 19.0 Å². The molecular weight excluding hydrogens is 418 g/mol. The minimum absolute atomic E-state index is 0.187. The van der Waals surface area contributed by atoms with Crippen LogP contribution in [0.15, 0.2) is 24.0 Å². The van der Waals surface area contributed by atoms with Crippen molar-refractivity contribution < 1.29 is 22.5 Å². The second-order valence-corrected chi connectivity index (χ2v) is 9.01. The number of aliphatic hydroxyl groups is 1. The average molecular weight is 442 g/mol. The van der Waals surface area contributed by atoms with Crippen LogP contribution in [0.1, 0.15) is 33.6 Å². The second kappa shape index (κ2) is 9.24. The first kappa shape index (κ1) is 21.7. The SMILES string of the molecule is CNCc1csc(C(=O)c2cncnc2NC2C[C@H](COS(N)(=O)=O)[C@@H](O)C2)c1. The molecule has 158 valence electrons. The molecule has 0 radical (unpaired) electrons. The molecule has 1 aliphatic rings. The molecule has 10 nitrogen and oxygen atoms in total. The van der Waals surface area contributed by atoms with Crippen LogP contribution in [0.4, 0.5) is 5.82 Å². The molecule has 29 heavy (non-hydrogen) atoms. The third kappa shape index (κ3) is 5.78. The number of rotatable bonds is 9. The lowest BCUT2D eigenvalue weighted by Gasteiger charge is -2.15. The Kier molecular flexibility index (Phi) is 6.93. The first-order chi connectivity index (χ1) is 13.8. The van der Waals surface area contributed by atoms with E-state index in [0.29, 0.717) is 35.6 Å². The quantitative estimate of drug-likeness (QED) is 0.401. The fourth-order valence-corrected chi connectivity index (χ4v) is 4.54. The molecule has 0 aliphatic heterocycles. The monoisotopic (exact) mass is 441 g/mol. The maximum atomic E-state index is 12.9. The van der Waals surface area contributed by atoms with Crippen LogP contribution in [0.3, 0.4) is 0 Å². The third-order valence-corrected chi connectivity index (χ3v) is 6.10. The van der Waals surface area contributed by atoms with Crippen molar-refractivity contribution in [3.8, 4) is 0 Å². The Balaban J connectivity index is 1.70. The average Bonchev–Trinajstić information content (AvgIpc) is 3.26. The van der Waals surface area contributed by atoms with E-state index in [1.54, 1.807) is 0 Å². The molecule has 0 amide bonds. The highest BCUT2D eigenvalue weighted by atomic mass is 32.2. The molecule has 2 heterocycles. The van der Waals surface area contributed by atoms with Gasteiger partial charge in [-0.2, -0.15) is 8.42 Å². The number of aromatic nitrogens is 2. The summed E-state index contributed by atoms with van der Waals surface area (Å²) in [4.78, 5) is 21.7. The number of nitrogens with zero attached hydrogens (tertiary/aromatic N) is 2. The number of ketones is 1. The van der Waals surface area contributed by atoms with Crippen molar-refractivity contribution in [3.63, 3.8) is 0 Å². The Morgan fingerprint density at radius 2 is 2.24 bits per heavy atom. The molecule has 0 aromatic carbocycles. The van der Waals surface area contributed by atoms with Crippen LogP contribution in [0.2, 0.25) is 0 Å². The minimum atomic E-state index is -4.06. The fourth-order valence-electron chi connectivity index (χ4n) is 3.31. The Morgan fingerprint density at radius 1 is 1.45 bits per heavy atom. The van der Waals surface area contributed by atoms with Gasteiger partial charge in [-0.05, 0) is 36.9 Å². The van der Waals surface area contributed by atoms with Crippen molar-refractivity contribution in [2.45, 2.75) is 31.5 Å². The van der Waals surface area contributed by atoms with Gasteiger partial charge in [-0.15, -0.1) is 11.3 Å². The summed E-state index contributed by atoms with van der Waals surface area (Å²) in [6, 6.07) is 1.63. The zero-order chi connectivity index (χ0) is 21.0. The molecule has 1 saturated carbocycles. The van der Waals surface area contributed by atoms with E-state index < -0.39 is 22.3 Å². The van der Waals surface area contributed by atoms with Crippen molar-refractivity contribution >= 4 is 33.2 Å². The lowest BCUT2D eigenvalue weighted by atomic mass is 10.1. The minimum Gasteiger partial charge on any atom is -0.393 e. The summed E-state index contributed by atoms with van der Waals surface area (Å²) in [5.41, 5.74) is 1.35. The number of anilines is 1. The number of carbonyl (C=O) groups excluding carboxylic acids is 1. The molecule has 0 spiro atoms. The van der Waals surface area contributed by atoms with Crippen molar-refractivity contribution in [1.29, 1.82) is 0 Å².